The highest BCUT2D eigenvalue weighted by Gasteiger charge is 2.30. The largest absolute Gasteiger partial charge is 0.458 e. The Hall–Kier alpha value is -9.20. The number of nitrogens with zero attached hydrogens (tertiary/aromatic N) is 6. The molecule has 0 aliphatic carbocycles. The summed E-state index contributed by atoms with van der Waals surface area (Å²) in [6, 6.07) is 77.4. The van der Waals surface area contributed by atoms with Gasteiger partial charge in [0.2, 0.25) is 0 Å². The van der Waals surface area contributed by atoms with E-state index in [1.165, 1.54) is 27.1 Å². The molecule has 0 spiro atoms. The maximum atomic E-state index is 7.00. The monoisotopic (exact) mass is 914 g/mol. The van der Waals surface area contributed by atoms with Gasteiger partial charge in [-0.25, -0.2) is 4.98 Å². The molecule has 0 N–H and O–H groups in total. The average molecular weight is 915 g/mol. The minimum atomic E-state index is -0.125. The van der Waals surface area contributed by atoms with E-state index in [1.54, 1.807) is 0 Å². The molecule has 0 fully saturated rings. The molecule has 0 radical (unpaired) electrons. The molecule has 14 rings (SSSR count). The molecule has 0 unspecified atom stereocenters. The third-order valence-corrected chi connectivity index (χ3v) is 14.2. The third kappa shape index (κ3) is 6.29. The molecule has 0 saturated heterocycles. The summed E-state index contributed by atoms with van der Waals surface area (Å²) >= 11 is 0. The normalized spacial score (nSPS) is 12.2. The third-order valence-electron chi connectivity index (χ3n) is 14.2. The Morgan fingerprint density at radius 1 is 0.437 bits per heavy atom. The maximum Gasteiger partial charge on any atom is 0.269 e. The van der Waals surface area contributed by atoms with Gasteiger partial charge in [-0.05, 0) is 102 Å². The number of para-hydroxylation sites is 7. The van der Waals surface area contributed by atoms with Crippen molar-refractivity contribution in [3.8, 4) is 40.1 Å². The van der Waals surface area contributed by atoms with E-state index >= 15 is 0 Å². The van der Waals surface area contributed by atoms with Crippen molar-refractivity contribution < 1.29 is 9.30 Å². The summed E-state index contributed by atoms with van der Waals surface area (Å²) in [5, 5.41) is 7.04. The van der Waals surface area contributed by atoms with Crippen molar-refractivity contribution in [2.45, 2.75) is 26.2 Å². The number of rotatable bonds is 7. The quantitative estimate of drug-likeness (QED) is 0.118. The van der Waals surface area contributed by atoms with E-state index < -0.39 is 0 Å². The second-order valence-corrected chi connectivity index (χ2v) is 19.4. The average Bonchev–Trinajstić information content (AvgIpc) is 4.16. The topological polar surface area (TPSA) is 45.7 Å². The van der Waals surface area contributed by atoms with Gasteiger partial charge in [0.25, 0.3) is 6.33 Å². The van der Waals surface area contributed by atoms with Crippen LogP contribution in [0.2, 0.25) is 0 Å². The van der Waals surface area contributed by atoms with E-state index in [0.717, 1.165) is 83.5 Å². The minimum Gasteiger partial charge on any atom is -0.458 e. The number of hydrogen-bond acceptors (Lipinski definition) is 2. The molecule has 7 heteroatoms. The Morgan fingerprint density at radius 2 is 0.986 bits per heavy atom. The Labute approximate surface area is 409 Å². The van der Waals surface area contributed by atoms with Crippen molar-refractivity contribution in [3.05, 3.63) is 236 Å². The predicted molar refractivity (Wildman–Crippen MR) is 290 cm³/mol. The van der Waals surface area contributed by atoms with Crippen molar-refractivity contribution in [1.82, 2.24) is 23.3 Å². The van der Waals surface area contributed by atoms with E-state index in [4.69, 9.17) is 9.72 Å². The lowest BCUT2D eigenvalue weighted by Gasteiger charge is -2.20. The summed E-state index contributed by atoms with van der Waals surface area (Å²) in [5.41, 5.74) is 14.0. The van der Waals surface area contributed by atoms with Gasteiger partial charge in [-0.3, -0.25) is 13.7 Å². The van der Waals surface area contributed by atoms with E-state index in [-0.39, 0.29) is 5.41 Å². The molecule has 338 valence electrons. The van der Waals surface area contributed by atoms with Gasteiger partial charge in [0.1, 0.15) is 17.3 Å². The van der Waals surface area contributed by atoms with Crippen molar-refractivity contribution in [2.24, 2.45) is 0 Å². The summed E-state index contributed by atoms with van der Waals surface area (Å²) in [7, 11) is 0. The number of benzene rings is 9. The van der Waals surface area contributed by atoms with Crippen molar-refractivity contribution in [2.75, 3.05) is 0 Å². The van der Waals surface area contributed by atoms with Gasteiger partial charge in [-0.2, -0.15) is 0 Å². The van der Waals surface area contributed by atoms with Gasteiger partial charge in [-0.1, -0.05) is 142 Å². The van der Waals surface area contributed by atoms with Crippen LogP contribution in [-0.2, 0) is 5.41 Å². The number of aromatic nitrogens is 6. The van der Waals surface area contributed by atoms with E-state index in [2.05, 4.69) is 256 Å². The number of fused-ring (bicyclic) bond motifs is 13. The summed E-state index contributed by atoms with van der Waals surface area (Å²) in [4.78, 5) is 5.27. The fourth-order valence-corrected chi connectivity index (χ4v) is 11.0. The highest BCUT2D eigenvalue weighted by atomic mass is 16.5. The lowest BCUT2D eigenvalue weighted by atomic mass is 9.88. The number of pyridine rings is 1. The molecule has 0 aliphatic rings. The molecule has 71 heavy (non-hydrogen) atoms. The summed E-state index contributed by atoms with van der Waals surface area (Å²) in [5.74, 6) is 2.27. The van der Waals surface area contributed by atoms with Crippen molar-refractivity contribution >= 4 is 76.5 Å². The molecule has 7 nitrogen and oxygen atoms in total. The summed E-state index contributed by atoms with van der Waals surface area (Å²) in [6.45, 7) is 6.79. The van der Waals surface area contributed by atoms with Gasteiger partial charge in [0, 0.05) is 56.0 Å². The van der Waals surface area contributed by atoms with Crippen LogP contribution in [0.15, 0.2) is 225 Å². The van der Waals surface area contributed by atoms with Crippen LogP contribution in [0.3, 0.4) is 0 Å². The highest BCUT2D eigenvalue weighted by Crippen LogP contribution is 2.50. The van der Waals surface area contributed by atoms with Crippen LogP contribution in [0.4, 0.5) is 0 Å². The van der Waals surface area contributed by atoms with Gasteiger partial charge >= 0.3 is 0 Å². The van der Waals surface area contributed by atoms with Gasteiger partial charge in [0.05, 0.1) is 55.5 Å². The Kier molecular flexibility index (Phi) is 9.01. The highest BCUT2D eigenvalue weighted by molar-refractivity contribution is 6.40. The first-order valence-corrected chi connectivity index (χ1v) is 24.2. The minimum absolute atomic E-state index is 0.125. The van der Waals surface area contributed by atoms with Crippen molar-refractivity contribution in [3.63, 3.8) is 0 Å². The van der Waals surface area contributed by atoms with Gasteiger partial charge in [-0.15, -0.1) is 0 Å². The number of hydrogen-bond donors (Lipinski definition) is 0. The van der Waals surface area contributed by atoms with Crippen molar-refractivity contribution in [1.29, 1.82) is 0 Å². The fraction of sp³-hybridized carbons (Fsp3) is 0.0625. The molecular formula is C64H46N6O. The van der Waals surface area contributed by atoms with Crippen LogP contribution in [0.25, 0.3) is 105 Å². The Morgan fingerprint density at radius 3 is 1.66 bits per heavy atom. The SMILES string of the molecule is CC(C)(C)c1ccnc(-n2c3cc(Oc4cccc(-[n+]5[c-]n(-c6ccccc6)c6ccccc65)c4)ccc3c3c4c(c5ccccc5n4-c4ccccc4)c4c5ccccc5n(-c5ccccc5)c4c32)c1. The molecule has 9 aromatic carbocycles. The van der Waals surface area contributed by atoms with E-state index in [0.29, 0.717) is 11.5 Å². The molecule has 0 saturated carbocycles. The molecule has 0 atom stereocenters. The predicted octanol–water partition coefficient (Wildman–Crippen LogP) is 15.5. The Bertz CT molecular complexity index is 4400. The van der Waals surface area contributed by atoms with Gasteiger partial charge in [0.15, 0.2) is 0 Å². The zero-order valence-electron chi connectivity index (χ0n) is 39.5. The van der Waals surface area contributed by atoms with Gasteiger partial charge < -0.3 is 13.9 Å². The molecule has 0 amide bonds. The van der Waals surface area contributed by atoms with Crippen LogP contribution >= 0.6 is 0 Å². The van der Waals surface area contributed by atoms with Crippen LogP contribution in [0.1, 0.15) is 26.3 Å². The first-order valence-electron chi connectivity index (χ1n) is 24.2. The van der Waals surface area contributed by atoms with Crippen LogP contribution < -0.4 is 9.30 Å². The van der Waals surface area contributed by atoms with Crippen LogP contribution in [-0.4, -0.2) is 23.3 Å². The first kappa shape index (κ1) is 40.8. The number of ether oxygens (including phenoxy) is 1. The fourth-order valence-electron chi connectivity index (χ4n) is 11.0. The molecule has 14 aromatic rings. The molecular weight excluding hydrogens is 869 g/mol. The zero-order valence-corrected chi connectivity index (χ0v) is 39.5. The van der Waals surface area contributed by atoms with Crippen LogP contribution in [0.5, 0.6) is 11.5 Å². The Balaban J connectivity index is 1.09. The lowest BCUT2D eigenvalue weighted by Crippen LogP contribution is -2.29. The standard InChI is InChI=1S/C64H46N6O/c1-64(2,3)42-36-37-65-57(38-42)70-56-40-48(71-47-27-19-26-46(39-47)67-41-66(43-20-7-4-8-21-43)54-32-17-18-33-55(54)67)34-35-51(56)60-61-58(49-28-13-15-30-52(49)68(61)44-22-9-5-10-23-44)59-50-29-14-16-31-53(50)69(62(59)63(60)70)45-24-11-6-12-25-45/h4-40H,1-3H3. The smallest absolute Gasteiger partial charge is 0.269 e. The summed E-state index contributed by atoms with van der Waals surface area (Å²) in [6.07, 6.45) is 5.60. The molecule has 0 aliphatic heterocycles. The lowest BCUT2D eigenvalue weighted by molar-refractivity contribution is -0.572. The van der Waals surface area contributed by atoms with E-state index in [9.17, 15) is 0 Å². The molecule has 0 bridgehead atoms. The molecule has 5 heterocycles. The zero-order chi connectivity index (χ0) is 47.4. The number of imidazole rings is 1. The first-order chi connectivity index (χ1) is 34.9. The summed E-state index contributed by atoms with van der Waals surface area (Å²) < 4.78 is 18.6. The van der Waals surface area contributed by atoms with Crippen LogP contribution in [0, 0.1) is 6.33 Å². The second kappa shape index (κ2) is 15.7. The van der Waals surface area contributed by atoms with E-state index in [1.807, 2.05) is 18.3 Å². The molecule has 5 aromatic heterocycles. The second-order valence-electron chi connectivity index (χ2n) is 19.4. The maximum absolute atomic E-state index is 7.00.